The van der Waals surface area contributed by atoms with Crippen molar-refractivity contribution in [3.63, 3.8) is 0 Å². The Morgan fingerprint density at radius 1 is 1.09 bits per heavy atom. The van der Waals surface area contributed by atoms with Gasteiger partial charge >= 0.3 is 0 Å². The molecule has 0 radical (unpaired) electrons. The SMILES string of the molecule is C[C@@H]1CCCN(S(=O)(=O)c2cccc(-c3csc(=Nc4ccccc4)n3Cc3cccnc3)c2)C1. The van der Waals surface area contributed by atoms with Crippen LogP contribution < -0.4 is 4.80 Å². The lowest BCUT2D eigenvalue weighted by atomic mass is 10.0. The van der Waals surface area contributed by atoms with Gasteiger partial charge in [-0.2, -0.15) is 4.31 Å². The first-order valence-electron chi connectivity index (χ1n) is 11.8. The molecular formula is C27H28N4O2S2. The number of hydrogen-bond donors (Lipinski definition) is 0. The van der Waals surface area contributed by atoms with Crippen LogP contribution in [0.3, 0.4) is 0 Å². The minimum atomic E-state index is -3.54. The third kappa shape index (κ3) is 5.29. The summed E-state index contributed by atoms with van der Waals surface area (Å²) in [5.41, 5.74) is 3.70. The van der Waals surface area contributed by atoms with Gasteiger partial charge in [-0.25, -0.2) is 13.4 Å². The molecule has 0 bridgehead atoms. The first-order chi connectivity index (χ1) is 17.0. The van der Waals surface area contributed by atoms with Crippen molar-refractivity contribution in [3.05, 3.63) is 94.9 Å². The molecule has 0 unspecified atom stereocenters. The second kappa shape index (κ2) is 10.3. The van der Waals surface area contributed by atoms with Crippen molar-refractivity contribution in [1.82, 2.24) is 13.9 Å². The fourth-order valence-electron chi connectivity index (χ4n) is 4.42. The Morgan fingerprint density at radius 2 is 1.94 bits per heavy atom. The van der Waals surface area contributed by atoms with E-state index in [9.17, 15) is 8.42 Å². The van der Waals surface area contributed by atoms with Crippen LogP contribution in [0.25, 0.3) is 11.3 Å². The maximum atomic E-state index is 13.4. The molecule has 0 spiro atoms. The van der Waals surface area contributed by atoms with Crippen LogP contribution in [0.1, 0.15) is 25.3 Å². The molecule has 2 aromatic carbocycles. The van der Waals surface area contributed by atoms with E-state index in [0.717, 1.165) is 40.2 Å². The average molecular weight is 505 g/mol. The molecule has 0 amide bonds. The van der Waals surface area contributed by atoms with Gasteiger partial charge in [0, 0.05) is 36.4 Å². The molecule has 5 rings (SSSR count). The number of rotatable bonds is 6. The van der Waals surface area contributed by atoms with E-state index in [0.29, 0.717) is 30.4 Å². The maximum absolute atomic E-state index is 13.4. The van der Waals surface area contributed by atoms with Crippen molar-refractivity contribution >= 4 is 27.0 Å². The monoisotopic (exact) mass is 504 g/mol. The zero-order valence-electron chi connectivity index (χ0n) is 19.6. The Balaban J connectivity index is 1.58. The molecule has 1 aliphatic heterocycles. The molecule has 1 aliphatic rings. The molecule has 3 heterocycles. The second-order valence-electron chi connectivity index (χ2n) is 8.94. The molecule has 0 N–H and O–H groups in total. The number of pyridine rings is 1. The van der Waals surface area contributed by atoms with Crippen molar-refractivity contribution in [2.24, 2.45) is 10.9 Å². The van der Waals surface area contributed by atoms with Gasteiger partial charge in [0.15, 0.2) is 4.80 Å². The van der Waals surface area contributed by atoms with Crippen molar-refractivity contribution in [2.45, 2.75) is 31.2 Å². The minimum Gasteiger partial charge on any atom is -0.312 e. The lowest BCUT2D eigenvalue weighted by Crippen LogP contribution is -2.39. The van der Waals surface area contributed by atoms with Crippen molar-refractivity contribution in [3.8, 4) is 11.3 Å². The summed E-state index contributed by atoms with van der Waals surface area (Å²) >= 11 is 1.54. The number of thiazole rings is 1. The molecule has 1 fully saturated rings. The lowest BCUT2D eigenvalue weighted by molar-refractivity contribution is 0.281. The maximum Gasteiger partial charge on any atom is 0.243 e. The Morgan fingerprint density at radius 3 is 2.71 bits per heavy atom. The standard InChI is InChI=1S/C27H28N4O2S2/c1-21-8-7-15-30(18-21)35(32,33)25-13-5-10-23(16-25)26-20-34-27(29-24-11-3-2-4-12-24)31(26)19-22-9-6-14-28-17-22/h2-6,9-14,16-17,20-21H,7-8,15,18-19H2,1H3/t21-/m1/s1. The van der Waals surface area contributed by atoms with E-state index in [1.165, 1.54) is 0 Å². The van der Waals surface area contributed by atoms with Crippen LogP contribution in [0.2, 0.25) is 0 Å². The normalized spacial score (nSPS) is 17.5. The predicted octanol–water partition coefficient (Wildman–Crippen LogP) is 5.31. The topological polar surface area (TPSA) is 67.6 Å². The number of benzene rings is 2. The van der Waals surface area contributed by atoms with E-state index >= 15 is 0 Å². The lowest BCUT2D eigenvalue weighted by Gasteiger charge is -2.30. The number of nitrogens with zero attached hydrogens (tertiary/aromatic N) is 4. The van der Waals surface area contributed by atoms with Gasteiger partial charge in [0.25, 0.3) is 0 Å². The number of aromatic nitrogens is 2. The fraction of sp³-hybridized carbons (Fsp3) is 0.259. The third-order valence-electron chi connectivity index (χ3n) is 6.23. The van der Waals surface area contributed by atoms with Crippen LogP contribution in [0.15, 0.2) is 94.4 Å². The van der Waals surface area contributed by atoms with Crippen LogP contribution >= 0.6 is 11.3 Å². The Hall–Kier alpha value is -3.07. The van der Waals surface area contributed by atoms with Crippen molar-refractivity contribution in [1.29, 1.82) is 0 Å². The average Bonchev–Trinajstić information content (AvgIpc) is 3.27. The number of sulfonamides is 1. The van der Waals surface area contributed by atoms with Crippen molar-refractivity contribution in [2.75, 3.05) is 13.1 Å². The van der Waals surface area contributed by atoms with Gasteiger partial charge in [-0.15, -0.1) is 11.3 Å². The molecule has 35 heavy (non-hydrogen) atoms. The van der Waals surface area contributed by atoms with Crippen LogP contribution in [-0.4, -0.2) is 35.4 Å². The first-order valence-corrected chi connectivity index (χ1v) is 14.1. The van der Waals surface area contributed by atoms with Gasteiger partial charge in [-0.3, -0.25) is 4.98 Å². The highest BCUT2D eigenvalue weighted by Gasteiger charge is 2.29. The van der Waals surface area contributed by atoms with Crippen LogP contribution in [0.4, 0.5) is 5.69 Å². The van der Waals surface area contributed by atoms with E-state index in [1.807, 2.05) is 66.2 Å². The summed E-state index contributed by atoms with van der Waals surface area (Å²) in [5, 5.41) is 2.05. The van der Waals surface area contributed by atoms with Gasteiger partial charge in [-0.1, -0.05) is 43.3 Å². The van der Waals surface area contributed by atoms with E-state index in [1.54, 1.807) is 34.0 Å². The van der Waals surface area contributed by atoms with Gasteiger partial charge in [0.1, 0.15) is 0 Å². The molecule has 1 atom stereocenters. The molecule has 4 aromatic rings. The zero-order chi connectivity index (χ0) is 24.3. The predicted molar refractivity (Wildman–Crippen MR) is 140 cm³/mol. The van der Waals surface area contributed by atoms with E-state index < -0.39 is 10.0 Å². The minimum absolute atomic E-state index is 0.338. The Kier molecular flexibility index (Phi) is 6.95. The third-order valence-corrected chi connectivity index (χ3v) is 8.95. The summed E-state index contributed by atoms with van der Waals surface area (Å²) in [6, 6.07) is 21.1. The number of para-hydroxylation sites is 1. The summed E-state index contributed by atoms with van der Waals surface area (Å²) in [4.78, 5) is 10.3. The second-order valence-corrected chi connectivity index (χ2v) is 11.7. The molecule has 0 saturated carbocycles. The van der Waals surface area contributed by atoms with Gasteiger partial charge in [0.05, 0.1) is 22.8 Å². The van der Waals surface area contributed by atoms with Gasteiger partial charge < -0.3 is 4.57 Å². The first kappa shape index (κ1) is 23.7. The molecule has 1 saturated heterocycles. The molecule has 2 aromatic heterocycles. The molecule has 180 valence electrons. The summed E-state index contributed by atoms with van der Waals surface area (Å²) < 4.78 is 30.6. The van der Waals surface area contributed by atoms with Crippen molar-refractivity contribution < 1.29 is 8.42 Å². The van der Waals surface area contributed by atoms with Gasteiger partial charge in [-0.05, 0) is 54.7 Å². The van der Waals surface area contributed by atoms with E-state index in [-0.39, 0.29) is 0 Å². The number of piperidine rings is 1. The summed E-state index contributed by atoms with van der Waals surface area (Å²) in [7, 11) is -3.54. The smallest absolute Gasteiger partial charge is 0.243 e. The fourth-order valence-corrected chi connectivity index (χ4v) is 6.99. The number of hydrogen-bond acceptors (Lipinski definition) is 5. The van der Waals surface area contributed by atoms with Gasteiger partial charge in [0.2, 0.25) is 10.0 Å². The highest BCUT2D eigenvalue weighted by atomic mass is 32.2. The largest absolute Gasteiger partial charge is 0.312 e. The highest BCUT2D eigenvalue weighted by Crippen LogP contribution is 2.28. The quantitative estimate of drug-likeness (QED) is 0.357. The zero-order valence-corrected chi connectivity index (χ0v) is 21.3. The molecule has 8 heteroatoms. The summed E-state index contributed by atoms with van der Waals surface area (Å²) in [5.74, 6) is 0.377. The Bertz CT molecular complexity index is 1460. The van der Waals surface area contributed by atoms with Crippen LogP contribution in [0, 0.1) is 5.92 Å². The van der Waals surface area contributed by atoms with E-state index in [2.05, 4.69) is 16.5 Å². The van der Waals surface area contributed by atoms with Crippen LogP contribution in [0.5, 0.6) is 0 Å². The molecule has 0 aliphatic carbocycles. The molecular weight excluding hydrogens is 476 g/mol. The van der Waals surface area contributed by atoms with Crippen LogP contribution in [-0.2, 0) is 16.6 Å². The summed E-state index contributed by atoms with van der Waals surface area (Å²) in [6.07, 6.45) is 5.58. The highest BCUT2D eigenvalue weighted by molar-refractivity contribution is 7.89. The van der Waals surface area contributed by atoms with E-state index in [4.69, 9.17) is 4.99 Å². The molecule has 6 nitrogen and oxygen atoms in total. The Labute approximate surface area is 210 Å². The summed E-state index contributed by atoms with van der Waals surface area (Å²) in [6.45, 7) is 3.85.